The predicted octanol–water partition coefficient (Wildman–Crippen LogP) is 4.98. The number of piperazine rings is 1. The molecule has 1 aliphatic rings. The third kappa shape index (κ3) is 6.75. The summed E-state index contributed by atoms with van der Waals surface area (Å²) in [4.78, 5) is 43.2. The van der Waals surface area contributed by atoms with Crippen molar-refractivity contribution in [1.29, 1.82) is 0 Å². The number of amides is 3. The molecule has 1 aliphatic heterocycles. The van der Waals surface area contributed by atoms with Crippen LogP contribution in [0.15, 0.2) is 97.1 Å². The highest BCUT2D eigenvalue weighted by molar-refractivity contribution is 6.06. The van der Waals surface area contributed by atoms with Gasteiger partial charge in [-0.3, -0.25) is 14.4 Å². The van der Waals surface area contributed by atoms with Gasteiger partial charge in [0.25, 0.3) is 17.7 Å². The Morgan fingerprint density at radius 2 is 1.48 bits per heavy atom. The van der Waals surface area contributed by atoms with Crippen LogP contribution >= 0.6 is 0 Å². The summed E-state index contributed by atoms with van der Waals surface area (Å²) in [6.45, 7) is 2.22. The fourth-order valence-corrected chi connectivity index (χ4v) is 4.81. The van der Waals surface area contributed by atoms with Gasteiger partial charge in [0.15, 0.2) is 0 Å². The average molecular weight is 567 g/mol. The molecule has 0 bridgehead atoms. The minimum absolute atomic E-state index is 0.0615. The Bertz CT molecular complexity index is 1550. The van der Waals surface area contributed by atoms with Crippen LogP contribution in [0.5, 0.6) is 5.75 Å². The van der Waals surface area contributed by atoms with E-state index in [0.29, 0.717) is 60.0 Å². The number of anilines is 2. The van der Waals surface area contributed by atoms with Crippen LogP contribution in [0.4, 0.5) is 15.8 Å². The molecule has 0 aliphatic carbocycles. The van der Waals surface area contributed by atoms with Crippen molar-refractivity contribution in [1.82, 2.24) is 10.2 Å². The van der Waals surface area contributed by atoms with E-state index in [-0.39, 0.29) is 30.1 Å². The highest BCUT2D eigenvalue weighted by atomic mass is 19.1. The van der Waals surface area contributed by atoms with Gasteiger partial charge < -0.3 is 25.2 Å². The first-order valence-corrected chi connectivity index (χ1v) is 13.6. The zero-order chi connectivity index (χ0) is 29.5. The Balaban J connectivity index is 1.33. The molecular weight excluding hydrogens is 535 g/mol. The van der Waals surface area contributed by atoms with Gasteiger partial charge in [0.2, 0.25) is 0 Å². The Kier molecular flexibility index (Phi) is 8.77. The molecule has 3 amide bonds. The molecule has 8 nitrogen and oxygen atoms in total. The lowest BCUT2D eigenvalue weighted by atomic mass is 10.1. The number of hydrogen-bond acceptors (Lipinski definition) is 5. The van der Waals surface area contributed by atoms with E-state index in [4.69, 9.17) is 4.74 Å². The van der Waals surface area contributed by atoms with E-state index in [2.05, 4.69) is 15.5 Å². The van der Waals surface area contributed by atoms with E-state index < -0.39 is 0 Å². The molecule has 0 spiro atoms. The highest BCUT2D eigenvalue weighted by Crippen LogP contribution is 2.27. The summed E-state index contributed by atoms with van der Waals surface area (Å²) in [5.41, 5.74) is 3.40. The summed E-state index contributed by atoms with van der Waals surface area (Å²) < 4.78 is 18.5. The van der Waals surface area contributed by atoms with E-state index in [0.717, 1.165) is 5.56 Å². The van der Waals surface area contributed by atoms with E-state index >= 15 is 0 Å². The van der Waals surface area contributed by atoms with Gasteiger partial charge in [-0.25, -0.2) is 4.39 Å². The number of ether oxygens (including phenoxy) is 1. The molecule has 0 radical (unpaired) electrons. The maximum Gasteiger partial charge on any atom is 0.255 e. The SMILES string of the molecule is COc1ccc(C(=O)N2CCN(c3ccc(NC(=O)c4ccccc4)cc3C(=O)NCc3ccc(F)cc3)CC2)cc1. The van der Waals surface area contributed by atoms with Crippen LogP contribution in [-0.2, 0) is 6.54 Å². The summed E-state index contributed by atoms with van der Waals surface area (Å²) >= 11 is 0. The number of rotatable bonds is 8. The first-order chi connectivity index (χ1) is 20.4. The van der Waals surface area contributed by atoms with Crippen LogP contribution in [0, 0.1) is 5.82 Å². The number of benzene rings is 4. The van der Waals surface area contributed by atoms with Crippen molar-refractivity contribution in [2.24, 2.45) is 0 Å². The second-order valence-corrected chi connectivity index (χ2v) is 9.87. The predicted molar refractivity (Wildman–Crippen MR) is 160 cm³/mol. The molecule has 4 aromatic rings. The molecule has 1 saturated heterocycles. The monoisotopic (exact) mass is 566 g/mol. The summed E-state index contributed by atoms with van der Waals surface area (Å²) in [6.07, 6.45) is 0. The Morgan fingerprint density at radius 3 is 2.14 bits per heavy atom. The van der Waals surface area contributed by atoms with Crippen LogP contribution in [0.25, 0.3) is 0 Å². The summed E-state index contributed by atoms with van der Waals surface area (Å²) in [7, 11) is 1.58. The van der Waals surface area contributed by atoms with Crippen LogP contribution in [-0.4, -0.2) is 55.9 Å². The number of carbonyl (C=O) groups excluding carboxylic acids is 3. The lowest BCUT2D eigenvalue weighted by Crippen LogP contribution is -2.49. The van der Waals surface area contributed by atoms with Gasteiger partial charge in [-0.05, 0) is 72.3 Å². The third-order valence-electron chi connectivity index (χ3n) is 7.15. The summed E-state index contributed by atoms with van der Waals surface area (Å²) in [5.74, 6) is -0.342. The molecule has 0 unspecified atom stereocenters. The molecule has 0 atom stereocenters. The summed E-state index contributed by atoms with van der Waals surface area (Å²) in [5, 5.41) is 5.78. The number of methoxy groups -OCH3 is 1. The Hall–Kier alpha value is -5.18. The largest absolute Gasteiger partial charge is 0.497 e. The lowest BCUT2D eigenvalue weighted by Gasteiger charge is -2.37. The van der Waals surface area contributed by atoms with Crippen molar-refractivity contribution in [3.63, 3.8) is 0 Å². The lowest BCUT2D eigenvalue weighted by molar-refractivity contribution is 0.0745. The van der Waals surface area contributed by atoms with Gasteiger partial charge in [-0.2, -0.15) is 0 Å². The third-order valence-corrected chi connectivity index (χ3v) is 7.15. The molecule has 1 fully saturated rings. The van der Waals surface area contributed by atoms with Gasteiger partial charge in [0.05, 0.1) is 12.7 Å². The fraction of sp³-hybridized carbons (Fsp3) is 0.182. The number of nitrogens with zero attached hydrogens (tertiary/aromatic N) is 2. The molecule has 1 heterocycles. The van der Waals surface area contributed by atoms with Crippen LogP contribution in [0.3, 0.4) is 0 Å². The van der Waals surface area contributed by atoms with Gasteiger partial charge >= 0.3 is 0 Å². The van der Waals surface area contributed by atoms with Crippen molar-refractivity contribution < 1.29 is 23.5 Å². The van der Waals surface area contributed by atoms with E-state index in [1.165, 1.54) is 12.1 Å². The summed E-state index contributed by atoms with van der Waals surface area (Å²) in [6, 6.07) is 27.0. The van der Waals surface area contributed by atoms with Crippen LogP contribution in [0.1, 0.15) is 36.6 Å². The van der Waals surface area contributed by atoms with Gasteiger partial charge in [0, 0.05) is 55.2 Å². The number of nitrogens with one attached hydrogen (secondary N) is 2. The quantitative estimate of drug-likeness (QED) is 0.314. The fourth-order valence-electron chi connectivity index (χ4n) is 4.81. The van der Waals surface area contributed by atoms with Crippen molar-refractivity contribution >= 4 is 29.1 Å². The topological polar surface area (TPSA) is 91.0 Å². The highest BCUT2D eigenvalue weighted by Gasteiger charge is 2.25. The number of hydrogen-bond donors (Lipinski definition) is 2. The van der Waals surface area contributed by atoms with Crippen molar-refractivity contribution in [3.8, 4) is 5.75 Å². The van der Waals surface area contributed by atoms with Crippen molar-refractivity contribution in [3.05, 3.63) is 125 Å². The molecule has 2 N–H and O–H groups in total. The molecule has 0 saturated carbocycles. The number of halogens is 1. The normalized spacial score (nSPS) is 12.9. The smallest absolute Gasteiger partial charge is 0.255 e. The van der Waals surface area contributed by atoms with Crippen molar-refractivity contribution in [2.75, 3.05) is 43.5 Å². The Labute approximate surface area is 243 Å². The Morgan fingerprint density at radius 1 is 0.786 bits per heavy atom. The zero-order valence-electron chi connectivity index (χ0n) is 23.2. The van der Waals surface area contributed by atoms with Gasteiger partial charge in [-0.1, -0.05) is 30.3 Å². The minimum Gasteiger partial charge on any atom is -0.497 e. The van der Waals surface area contributed by atoms with Crippen LogP contribution < -0.4 is 20.3 Å². The molecular formula is C33H31FN4O4. The first kappa shape index (κ1) is 28.4. The molecule has 9 heteroatoms. The molecule has 5 rings (SSSR count). The standard InChI is InChI=1S/C33H31FN4O4/c1-42-28-14-9-25(10-15-28)33(41)38-19-17-37(18-20-38)30-16-13-27(36-31(39)24-5-3-2-4-6-24)21-29(30)32(40)35-22-23-7-11-26(34)12-8-23/h2-16,21H,17-20,22H2,1H3,(H,35,40)(H,36,39). The maximum absolute atomic E-state index is 13.5. The molecule has 42 heavy (non-hydrogen) atoms. The molecule has 214 valence electrons. The maximum atomic E-state index is 13.5. The zero-order valence-corrected chi connectivity index (χ0v) is 23.2. The second-order valence-electron chi connectivity index (χ2n) is 9.87. The average Bonchev–Trinajstić information content (AvgIpc) is 3.04. The molecule has 0 aromatic heterocycles. The molecule has 4 aromatic carbocycles. The van der Waals surface area contributed by atoms with Crippen LogP contribution in [0.2, 0.25) is 0 Å². The van der Waals surface area contributed by atoms with E-state index in [1.807, 2.05) is 12.1 Å². The van der Waals surface area contributed by atoms with Crippen molar-refractivity contribution in [2.45, 2.75) is 6.54 Å². The number of carbonyl (C=O) groups is 3. The van der Waals surface area contributed by atoms with Gasteiger partial charge in [0.1, 0.15) is 11.6 Å². The van der Waals surface area contributed by atoms with E-state index in [9.17, 15) is 18.8 Å². The van der Waals surface area contributed by atoms with E-state index in [1.54, 1.807) is 84.8 Å². The first-order valence-electron chi connectivity index (χ1n) is 13.6. The van der Waals surface area contributed by atoms with Gasteiger partial charge in [-0.15, -0.1) is 0 Å². The second kappa shape index (κ2) is 13.0. The minimum atomic E-state index is -0.348.